The van der Waals surface area contributed by atoms with E-state index in [-0.39, 0.29) is 22.0 Å². The number of hydrogen-bond donors (Lipinski definition) is 0. The van der Waals surface area contributed by atoms with E-state index in [0.29, 0.717) is 31.9 Å². The molecule has 31 heavy (non-hydrogen) atoms. The molecule has 10 heteroatoms. The van der Waals surface area contributed by atoms with Gasteiger partial charge in [-0.3, -0.25) is 4.90 Å². The Labute approximate surface area is 181 Å². The van der Waals surface area contributed by atoms with E-state index >= 15 is 0 Å². The molecule has 6 nitrogen and oxygen atoms in total. The highest BCUT2D eigenvalue weighted by Gasteiger charge is 2.49. The van der Waals surface area contributed by atoms with Gasteiger partial charge in [0.2, 0.25) is 0 Å². The van der Waals surface area contributed by atoms with Crippen LogP contribution >= 0.6 is 0 Å². The third-order valence-corrected chi connectivity index (χ3v) is 10.4. The number of anilines is 1. The fourth-order valence-electron chi connectivity index (χ4n) is 4.53. The molecule has 0 spiro atoms. The summed E-state index contributed by atoms with van der Waals surface area (Å²) < 4.78 is 79.2. The topological polar surface area (TPSA) is 74.8 Å². The molecular weight excluding hydrogens is 446 g/mol. The van der Waals surface area contributed by atoms with Crippen molar-refractivity contribution in [3.05, 3.63) is 59.7 Å². The molecular formula is C21H24F2N2O4S2. The predicted molar refractivity (Wildman–Crippen MR) is 115 cm³/mol. The van der Waals surface area contributed by atoms with Gasteiger partial charge in [-0.05, 0) is 42.8 Å². The molecule has 0 radical (unpaired) electrons. The van der Waals surface area contributed by atoms with Gasteiger partial charge in [-0.1, -0.05) is 12.1 Å². The van der Waals surface area contributed by atoms with Crippen LogP contribution in [0.5, 0.6) is 0 Å². The molecule has 0 saturated carbocycles. The minimum absolute atomic E-state index is 0.0361. The summed E-state index contributed by atoms with van der Waals surface area (Å²) >= 11 is 0. The van der Waals surface area contributed by atoms with E-state index < -0.39 is 42.5 Å². The molecule has 0 N–H and O–H groups in total. The van der Waals surface area contributed by atoms with E-state index in [0.717, 1.165) is 12.1 Å². The van der Waals surface area contributed by atoms with Crippen molar-refractivity contribution in [2.45, 2.75) is 23.1 Å². The first-order valence-electron chi connectivity index (χ1n) is 10.0. The molecule has 2 saturated heterocycles. The molecule has 0 bridgehead atoms. The van der Waals surface area contributed by atoms with E-state index in [1.807, 2.05) is 9.80 Å². The van der Waals surface area contributed by atoms with Gasteiger partial charge in [0.05, 0.1) is 27.3 Å². The lowest BCUT2D eigenvalue weighted by Crippen LogP contribution is -2.55. The average molecular weight is 471 g/mol. The lowest BCUT2D eigenvalue weighted by atomic mass is 10.1. The number of sulfone groups is 2. The second-order valence-electron chi connectivity index (χ2n) is 8.11. The fourth-order valence-corrected chi connectivity index (χ4v) is 9.59. The lowest BCUT2D eigenvalue weighted by molar-refractivity contribution is 0.201. The van der Waals surface area contributed by atoms with Crippen LogP contribution in [0.2, 0.25) is 0 Å². The van der Waals surface area contributed by atoms with Crippen LogP contribution in [0.1, 0.15) is 5.56 Å². The predicted octanol–water partition coefficient (Wildman–Crippen LogP) is 2.03. The number of para-hydroxylation sites is 1. The molecule has 4 rings (SSSR count). The summed E-state index contributed by atoms with van der Waals surface area (Å²) in [6.07, 6.45) is 0. The fraction of sp³-hybridized carbons (Fsp3) is 0.429. The molecule has 168 valence electrons. The highest BCUT2D eigenvalue weighted by molar-refractivity contribution is 7.96. The van der Waals surface area contributed by atoms with Crippen molar-refractivity contribution in [2.24, 2.45) is 0 Å². The number of aryl methyl sites for hydroxylation is 1. The van der Waals surface area contributed by atoms with Gasteiger partial charge >= 0.3 is 0 Å². The third kappa shape index (κ3) is 4.33. The van der Waals surface area contributed by atoms with Gasteiger partial charge in [0.15, 0.2) is 19.7 Å². The molecule has 0 unspecified atom stereocenters. The molecule has 2 fully saturated rings. The van der Waals surface area contributed by atoms with Crippen LogP contribution in [0.15, 0.2) is 47.4 Å². The number of benzene rings is 2. The second kappa shape index (κ2) is 8.14. The lowest BCUT2D eigenvalue weighted by Gasteiger charge is -2.40. The zero-order valence-corrected chi connectivity index (χ0v) is 18.7. The molecule has 2 aromatic rings. The molecule has 2 aliphatic rings. The Hall–Kier alpha value is -2.04. The zero-order valence-electron chi connectivity index (χ0n) is 17.0. The molecule has 2 aliphatic heterocycles. The van der Waals surface area contributed by atoms with Gasteiger partial charge in [-0.25, -0.2) is 25.6 Å². The Balaban J connectivity index is 1.58. The summed E-state index contributed by atoms with van der Waals surface area (Å²) in [5, 5.41) is -1.12. The summed E-state index contributed by atoms with van der Waals surface area (Å²) in [6, 6.07) is 9.17. The van der Waals surface area contributed by atoms with Crippen molar-refractivity contribution < 1.29 is 25.6 Å². The zero-order chi connectivity index (χ0) is 22.4. The standard InChI is InChI=1S/C21H24F2N2O4S2/c1-15-12-16(22)6-7-20(15)31(28,29)21-14-30(26,27)13-19(21)25-10-8-24(9-11-25)18-5-3-2-4-17(18)23/h2-7,12,19,21H,8-11,13-14H2,1H3/t19-,21-/m0/s1. The Morgan fingerprint density at radius 2 is 1.65 bits per heavy atom. The Bertz CT molecular complexity index is 1190. The highest BCUT2D eigenvalue weighted by Crippen LogP contribution is 2.32. The summed E-state index contributed by atoms with van der Waals surface area (Å²) in [5.74, 6) is -1.57. The van der Waals surface area contributed by atoms with Crippen molar-refractivity contribution >= 4 is 25.4 Å². The van der Waals surface area contributed by atoms with Crippen LogP contribution in [0.3, 0.4) is 0 Å². The average Bonchev–Trinajstić information content (AvgIpc) is 3.05. The van der Waals surface area contributed by atoms with Gasteiger partial charge in [0.1, 0.15) is 11.6 Å². The van der Waals surface area contributed by atoms with E-state index in [9.17, 15) is 25.6 Å². The van der Waals surface area contributed by atoms with Gasteiger partial charge in [-0.2, -0.15) is 0 Å². The monoisotopic (exact) mass is 470 g/mol. The van der Waals surface area contributed by atoms with Crippen molar-refractivity contribution in [1.29, 1.82) is 0 Å². The maximum Gasteiger partial charge on any atom is 0.184 e. The Kier molecular flexibility index (Phi) is 5.82. The van der Waals surface area contributed by atoms with Gasteiger partial charge < -0.3 is 4.90 Å². The maximum atomic E-state index is 14.1. The van der Waals surface area contributed by atoms with E-state index in [2.05, 4.69) is 0 Å². The van der Waals surface area contributed by atoms with Crippen LogP contribution < -0.4 is 4.90 Å². The van der Waals surface area contributed by atoms with Crippen LogP contribution in [0, 0.1) is 18.6 Å². The largest absolute Gasteiger partial charge is 0.367 e. The van der Waals surface area contributed by atoms with Crippen molar-refractivity contribution in [2.75, 3.05) is 42.6 Å². The van der Waals surface area contributed by atoms with Gasteiger partial charge in [0.25, 0.3) is 0 Å². The minimum Gasteiger partial charge on any atom is -0.367 e. The third-order valence-electron chi connectivity index (χ3n) is 6.09. The first-order chi connectivity index (χ1) is 14.6. The normalized spacial score (nSPS) is 24.4. The number of hydrogen-bond acceptors (Lipinski definition) is 6. The second-order valence-corrected chi connectivity index (χ2v) is 12.4. The molecule has 0 aliphatic carbocycles. The Morgan fingerprint density at radius 3 is 2.29 bits per heavy atom. The first-order valence-corrected chi connectivity index (χ1v) is 13.4. The molecule has 2 atom stereocenters. The van der Waals surface area contributed by atoms with Crippen molar-refractivity contribution in [3.8, 4) is 0 Å². The van der Waals surface area contributed by atoms with Crippen molar-refractivity contribution in [3.63, 3.8) is 0 Å². The molecule has 2 aromatic carbocycles. The van der Waals surface area contributed by atoms with Gasteiger partial charge in [-0.15, -0.1) is 0 Å². The maximum absolute atomic E-state index is 14.1. The number of halogens is 2. The van der Waals surface area contributed by atoms with Crippen LogP contribution in [0.4, 0.5) is 14.5 Å². The summed E-state index contributed by atoms with van der Waals surface area (Å²) in [6.45, 7) is 3.26. The molecule has 2 heterocycles. The van der Waals surface area contributed by atoms with Crippen LogP contribution in [-0.2, 0) is 19.7 Å². The van der Waals surface area contributed by atoms with E-state index in [4.69, 9.17) is 0 Å². The number of rotatable bonds is 4. The SMILES string of the molecule is Cc1cc(F)ccc1S(=O)(=O)[C@H]1CS(=O)(=O)C[C@@H]1N1CCN(c2ccccc2F)CC1. The highest BCUT2D eigenvalue weighted by atomic mass is 32.2. The van der Waals surface area contributed by atoms with Crippen molar-refractivity contribution in [1.82, 2.24) is 4.90 Å². The van der Waals surface area contributed by atoms with E-state index in [1.165, 1.54) is 19.1 Å². The summed E-state index contributed by atoms with van der Waals surface area (Å²) in [5.41, 5.74) is 0.736. The van der Waals surface area contributed by atoms with E-state index in [1.54, 1.807) is 18.2 Å². The minimum atomic E-state index is -3.99. The Morgan fingerprint density at radius 1 is 0.968 bits per heavy atom. The van der Waals surface area contributed by atoms with Gasteiger partial charge in [0, 0.05) is 32.2 Å². The molecule has 0 amide bonds. The van der Waals surface area contributed by atoms with Crippen LogP contribution in [-0.4, -0.2) is 70.7 Å². The van der Waals surface area contributed by atoms with Crippen LogP contribution in [0.25, 0.3) is 0 Å². The molecule has 0 aromatic heterocycles. The summed E-state index contributed by atoms with van der Waals surface area (Å²) in [7, 11) is -7.54. The number of piperazine rings is 1. The number of nitrogens with zero attached hydrogens (tertiary/aromatic N) is 2. The summed E-state index contributed by atoms with van der Waals surface area (Å²) in [4.78, 5) is 3.72. The first kappa shape index (κ1) is 22.2. The smallest absolute Gasteiger partial charge is 0.184 e. The quantitative estimate of drug-likeness (QED) is 0.637.